The molecule has 4 atom stereocenters. The van der Waals surface area contributed by atoms with Gasteiger partial charge in [-0.15, -0.1) is 0 Å². The van der Waals surface area contributed by atoms with E-state index in [-0.39, 0.29) is 59.7 Å². The van der Waals surface area contributed by atoms with E-state index in [9.17, 15) is 24.3 Å². The molecule has 0 saturated carbocycles. The van der Waals surface area contributed by atoms with Gasteiger partial charge in [0.1, 0.15) is 12.1 Å². The van der Waals surface area contributed by atoms with Crippen LogP contribution in [0, 0.1) is 0 Å². The third kappa shape index (κ3) is 12.6. The van der Waals surface area contributed by atoms with Crippen molar-refractivity contribution in [2.45, 2.75) is 75.5 Å². The average Bonchev–Trinajstić information content (AvgIpc) is 3.90. The van der Waals surface area contributed by atoms with Crippen molar-refractivity contribution >= 4 is 23.8 Å². The van der Waals surface area contributed by atoms with Crippen LogP contribution < -0.4 is 18.9 Å². The number of amides is 2. The van der Waals surface area contributed by atoms with Crippen LogP contribution >= 0.6 is 0 Å². The fourth-order valence-corrected chi connectivity index (χ4v) is 8.29. The second-order valence-corrected chi connectivity index (χ2v) is 15.1. The summed E-state index contributed by atoms with van der Waals surface area (Å²) in [6.45, 7) is 7.03. The Morgan fingerprint density at radius 1 is 0.617 bits per heavy atom. The van der Waals surface area contributed by atoms with Crippen molar-refractivity contribution in [2.75, 3.05) is 47.4 Å². The van der Waals surface area contributed by atoms with Crippen molar-refractivity contribution in [1.82, 2.24) is 19.6 Å². The van der Waals surface area contributed by atoms with Crippen LogP contribution in [0.25, 0.3) is 0 Å². The summed E-state index contributed by atoms with van der Waals surface area (Å²) >= 11 is 0. The molecule has 2 aliphatic heterocycles. The summed E-state index contributed by atoms with van der Waals surface area (Å²) < 4.78 is 5.04. The second kappa shape index (κ2) is 25.1. The molecule has 2 saturated heterocycles. The van der Waals surface area contributed by atoms with Crippen LogP contribution in [0.5, 0.6) is 0 Å². The normalized spacial score (nSPS) is 18.2. The first-order valence-corrected chi connectivity index (χ1v) is 20.1. The van der Waals surface area contributed by atoms with Crippen LogP contribution in [0.3, 0.4) is 0 Å². The quantitative estimate of drug-likeness (QED) is 0.148. The summed E-state index contributed by atoms with van der Waals surface area (Å²) in [4.78, 5) is 59.6. The molecule has 0 spiro atoms. The Balaban J connectivity index is 0.000000394. The maximum absolute atomic E-state index is 13.8. The number of rotatable bonds is 14. The molecule has 0 radical (unpaired) electrons. The zero-order valence-electron chi connectivity index (χ0n) is 35.9. The van der Waals surface area contributed by atoms with Crippen LogP contribution in [0.4, 0.5) is 0 Å². The molecule has 4 N–H and O–H groups in total. The monoisotopic (exact) mass is 816 g/mol. The van der Waals surface area contributed by atoms with Crippen LogP contribution in [0.2, 0.25) is 0 Å². The van der Waals surface area contributed by atoms with E-state index in [1.54, 1.807) is 9.80 Å². The third-order valence-corrected chi connectivity index (χ3v) is 11.3. The van der Waals surface area contributed by atoms with E-state index in [1.165, 1.54) is 7.11 Å². The summed E-state index contributed by atoms with van der Waals surface area (Å²) in [5.74, 6) is -2.41. The molecule has 2 aliphatic rings. The van der Waals surface area contributed by atoms with E-state index in [2.05, 4.69) is 30.7 Å². The number of aliphatic carboxylic acids is 1. The molecule has 6 rings (SSSR count). The van der Waals surface area contributed by atoms with E-state index in [1.807, 2.05) is 128 Å². The summed E-state index contributed by atoms with van der Waals surface area (Å²) in [6, 6.07) is 37.6. The molecule has 60 heavy (non-hydrogen) atoms. The van der Waals surface area contributed by atoms with Gasteiger partial charge < -0.3 is 40.4 Å². The summed E-state index contributed by atoms with van der Waals surface area (Å²) in [6.07, 6.45) is 3.09. The van der Waals surface area contributed by atoms with Gasteiger partial charge in [-0.05, 0) is 75.1 Å². The van der Waals surface area contributed by atoms with Crippen LogP contribution in [-0.4, -0.2) is 131 Å². The van der Waals surface area contributed by atoms with Gasteiger partial charge in [0.05, 0.1) is 18.9 Å². The van der Waals surface area contributed by atoms with E-state index < -0.39 is 29.9 Å². The molecule has 2 heterocycles. The number of likely N-dealkylation sites (tertiary alicyclic amines) is 2. The average molecular weight is 817 g/mol. The molecule has 13 heteroatoms. The van der Waals surface area contributed by atoms with E-state index in [0.717, 1.165) is 48.2 Å². The molecule has 0 unspecified atom stereocenters. The SMILES string of the molecule is CCCN(C)[C@H]1C[C@@H](C(=O)O)N(C(=O)C(c2ccccc2)c2ccccc2)C1.CCCN(C)[C@H]1C[C@@H](C(=O)OC)N(C(=O)C(c2ccccc2)c2ccccc2)C1.O.[Li+].[OH-]. The summed E-state index contributed by atoms with van der Waals surface area (Å²) in [5, 5.41) is 9.77. The Kier molecular flexibility index (Phi) is 21.5. The number of carbonyl (C=O) groups is 4. The maximum atomic E-state index is 13.8. The number of hydrogen-bond acceptors (Lipinski definition) is 8. The van der Waals surface area contributed by atoms with Crippen molar-refractivity contribution in [3.8, 4) is 0 Å². The molecule has 12 nitrogen and oxygen atoms in total. The zero-order valence-corrected chi connectivity index (χ0v) is 35.9. The number of ether oxygens (including phenoxy) is 1. The van der Waals surface area contributed by atoms with Crippen molar-refractivity contribution in [3.63, 3.8) is 0 Å². The van der Waals surface area contributed by atoms with Gasteiger partial charge in [-0.3, -0.25) is 9.59 Å². The first kappa shape index (κ1) is 51.3. The largest absolute Gasteiger partial charge is 1.00 e. The van der Waals surface area contributed by atoms with Gasteiger partial charge in [0.2, 0.25) is 11.8 Å². The third-order valence-electron chi connectivity index (χ3n) is 11.3. The van der Waals surface area contributed by atoms with Crippen LogP contribution in [0.1, 0.15) is 73.6 Å². The van der Waals surface area contributed by atoms with Crippen molar-refractivity contribution in [2.24, 2.45) is 0 Å². The Hall–Kier alpha value is -4.80. The van der Waals surface area contributed by atoms with Crippen LogP contribution in [0.15, 0.2) is 121 Å². The first-order valence-electron chi connectivity index (χ1n) is 20.1. The minimum atomic E-state index is -0.930. The molecule has 2 fully saturated rings. The topological polar surface area (TPSA) is 172 Å². The molecule has 0 bridgehead atoms. The zero-order chi connectivity index (χ0) is 40.9. The van der Waals surface area contributed by atoms with Gasteiger partial charge >= 0.3 is 30.8 Å². The predicted octanol–water partition coefficient (Wildman–Crippen LogP) is 2.52. The number of carboxylic acids is 1. The second-order valence-electron chi connectivity index (χ2n) is 15.1. The number of likely N-dealkylation sites (N-methyl/N-ethyl adjacent to an activating group) is 2. The number of esters is 1. The molecule has 2 amide bonds. The number of hydrogen-bond donors (Lipinski definition) is 1. The van der Waals surface area contributed by atoms with Gasteiger partial charge in [0.25, 0.3) is 0 Å². The number of methoxy groups -OCH3 is 1. The predicted molar refractivity (Wildman–Crippen MR) is 228 cm³/mol. The Morgan fingerprint density at radius 2 is 0.917 bits per heavy atom. The standard InChI is InChI=1S/C24H30N2O3.C23H28N2O3.Li.2H2O/c1-4-15-25(2)20-16-21(24(28)29-3)26(17-20)23(27)22(18-11-7-5-8-12-18)19-13-9-6-10-14-19;1-3-14-24(2)19-15-20(23(27)28)25(16-19)22(26)21(17-10-6-4-7-11-17)18-12-8-5-9-13-18;;;/h5-14,20-22H,4,15-17H2,1-3H3;4-13,19-21H,3,14-16H2,1-2H3,(H,27,28);;2*1H2/q;;+1;;/p-1/t20-,21-;19-,20-;;;/m00.../s1. The minimum Gasteiger partial charge on any atom is -0.870 e. The molecule has 4 aromatic carbocycles. The number of nitrogens with zero attached hydrogens (tertiary/aromatic N) is 4. The van der Waals surface area contributed by atoms with E-state index in [0.29, 0.717) is 25.9 Å². The molecule has 4 aromatic rings. The molecule has 318 valence electrons. The van der Waals surface area contributed by atoms with Gasteiger partial charge in [0, 0.05) is 25.2 Å². The molecular formula is C47H61LiN4O8. The number of benzene rings is 4. The molecule has 0 aromatic heterocycles. The minimum absolute atomic E-state index is 0. The summed E-state index contributed by atoms with van der Waals surface area (Å²) in [5.41, 5.74) is 3.62. The van der Waals surface area contributed by atoms with Gasteiger partial charge in [-0.1, -0.05) is 135 Å². The first-order chi connectivity index (χ1) is 27.6. The molecular weight excluding hydrogens is 755 g/mol. The van der Waals surface area contributed by atoms with E-state index >= 15 is 0 Å². The fourth-order valence-electron chi connectivity index (χ4n) is 8.29. The van der Waals surface area contributed by atoms with Crippen molar-refractivity contribution < 1.29 is 58.8 Å². The number of carbonyl (C=O) groups excluding carboxylic acids is 3. The maximum Gasteiger partial charge on any atom is 1.00 e. The van der Waals surface area contributed by atoms with E-state index in [4.69, 9.17) is 4.74 Å². The Labute approximate surface area is 367 Å². The van der Waals surface area contributed by atoms with Crippen LogP contribution in [-0.2, 0) is 23.9 Å². The van der Waals surface area contributed by atoms with Crippen molar-refractivity contribution in [3.05, 3.63) is 144 Å². The number of carboxylic acid groups (broad SMARTS) is 1. The Bertz CT molecular complexity index is 1810. The van der Waals surface area contributed by atoms with Gasteiger partial charge in [0.15, 0.2) is 0 Å². The smallest absolute Gasteiger partial charge is 0.870 e. The summed E-state index contributed by atoms with van der Waals surface area (Å²) in [7, 11) is 5.45. The fraction of sp³-hybridized carbons (Fsp3) is 0.404. The van der Waals surface area contributed by atoms with Crippen molar-refractivity contribution in [1.29, 1.82) is 0 Å². The van der Waals surface area contributed by atoms with Gasteiger partial charge in [-0.25, -0.2) is 9.59 Å². The van der Waals surface area contributed by atoms with Gasteiger partial charge in [-0.2, -0.15) is 0 Å². The molecule has 0 aliphatic carbocycles. The Morgan fingerprint density at radius 3 is 1.20 bits per heavy atom.